The molecule has 1 aromatic rings. The Bertz CT molecular complexity index is 398. The monoisotopic (exact) mass is 234 g/mol. The van der Waals surface area contributed by atoms with Crippen LogP contribution in [0.3, 0.4) is 0 Å². The SMILES string of the molecule is Cc1ccc2c(c1OCCCO)[B]OC2CN. The van der Waals surface area contributed by atoms with Crippen molar-refractivity contribution in [2.45, 2.75) is 19.4 Å². The third kappa shape index (κ3) is 2.46. The average Bonchev–Trinajstić information content (AvgIpc) is 2.75. The minimum Gasteiger partial charge on any atom is -0.494 e. The van der Waals surface area contributed by atoms with E-state index in [1.807, 2.05) is 19.1 Å². The van der Waals surface area contributed by atoms with E-state index in [9.17, 15) is 0 Å². The van der Waals surface area contributed by atoms with Crippen molar-refractivity contribution in [3.05, 3.63) is 23.3 Å². The molecule has 0 spiro atoms. The van der Waals surface area contributed by atoms with Gasteiger partial charge in [-0.05, 0) is 23.5 Å². The van der Waals surface area contributed by atoms with Crippen LogP contribution in [0, 0.1) is 6.92 Å². The minimum absolute atomic E-state index is 0.0641. The van der Waals surface area contributed by atoms with Crippen molar-refractivity contribution in [2.75, 3.05) is 19.8 Å². The van der Waals surface area contributed by atoms with Crippen LogP contribution in [-0.4, -0.2) is 32.3 Å². The predicted molar refractivity (Wildman–Crippen MR) is 66.6 cm³/mol. The quantitative estimate of drug-likeness (QED) is 0.557. The number of benzene rings is 1. The van der Waals surface area contributed by atoms with Crippen LogP contribution < -0.4 is 15.9 Å². The molecule has 0 amide bonds. The zero-order chi connectivity index (χ0) is 12.3. The van der Waals surface area contributed by atoms with Crippen molar-refractivity contribution in [3.63, 3.8) is 0 Å². The van der Waals surface area contributed by atoms with Crippen LogP contribution >= 0.6 is 0 Å². The lowest BCUT2D eigenvalue weighted by Gasteiger charge is -2.14. The maximum absolute atomic E-state index is 8.76. The van der Waals surface area contributed by atoms with Crippen LogP contribution in [0.2, 0.25) is 0 Å². The second kappa shape index (κ2) is 5.53. The van der Waals surface area contributed by atoms with Gasteiger partial charge in [0.1, 0.15) is 5.75 Å². The molecule has 1 aromatic carbocycles. The highest BCUT2D eigenvalue weighted by Crippen LogP contribution is 2.26. The number of aliphatic hydroxyl groups is 1. The summed E-state index contributed by atoms with van der Waals surface area (Å²) in [5.74, 6) is 0.840. The van der Waals surface area contributed by atoms with Crippen molar-refractivity contribution in [1.29, 1.82) is 0 Å². The number of fused-ring (bicyclic) bond motifs is 1. The van der Waals surface area contributed by atoms with Gasteiger partial charge in [-0.3, -0.25) is 0 Å². The predicted octanol–water partition coefficient (Wildman–Crippen LogP) is 0.0307. The Morgan fingerprint density at radius 1 is 1.53 bits per heavy atom. The molecule has 0 saturated carbocycles. The van der Waals surface area contributed by atoms with Gasteiger partial charge >= 0.3 is 7.48 Å². The molecule has 5 heteroatoms. The molecule has 0 aliphatic carbocycles. The average molecular weight is 234 g/mol. The number of hydrogen-bond donors (Lipinski definition) is 2. The van der Waals surface area contributed by atoms with E-state index in [0.717, 1.165) is 22.3 Å². The van der Waals surface area contributed by atoms with E-state index in [2.05, 4.69) is 0 Å². The smallest absolute Gasteiger partial charge is 0.335 e. The first-order valence-corrected chi connectivity index (χ1v) is 5.83. The zero-order valence-electron chi connectivity index (χ0n) is 9.98. The summed E-state index contributed by atoms with van der Waals surface area (Å²) >= 11 is 0. The van der Waals surface area contributed by atoms with Crippen molar-refractivity contribution in [3.8, 4) is 5.75 Å². The topological polar surface area (TPSA) is 64.7 Å². The number of aliphatic hydroxyl groups excluding tert-OH is 1. The lowest BCUT2D eigenvalue weighted by atomic mass is 9.84. The van der Waals surface area contributed by atoms with Gasteiger partial charge < -0.3 is 20.2 Å². The van der Waals surface area contributed by atoms with E-state index in [4.69, 9.17) is 20.2 Å². The van der Waals surface area contributed by atoms with Crippen LogP contribution in [-0.2, 0) is 4.65 Å². The number of aryl methyl sites for hydroxylation is 1. The maximum atomic E-state index is 8.76. The summed E-state index contributed by atoms with van der Waals surface area (Å²) in [6.07, 6.45) is 0.565. The third-order valence-electron chi connectivity index (χ3n) is 2.89. The molecule has 17 heavy (non-hydrogen) atoms. The highest BCUT2D eigenvalue weighted by molar-refractivity contribution is 6.50. The van der Waals surface area contributed by atoms with Crippen LogP contribution in [0.15, 0.2) is 12.1 Å². The zero-order valence-corrected chi connectivity index (χ0v) is 9.98. The van der Waals surface area contributed by atoms with E-state index >= 15 is 0 Å². The molecule has 0 saturated heterocycles. The standard InChI is InChI=1S/C12H17BNO3/c1-8-3-4-9-10(7-14)17-13-11(9)12(8)16-6-2-5-15/h3-4,10,15H,2,5-7,14H2,1H3. The van der Waals surface area contributed by atoms with Gasteiger partial charge in [-0.25, -0.2) is 0 Å². The first-order valence-electron chi connectivity index (χ1n) is 5.83. The van der Waals surface area contributed by atoms with Gasteiger partial charge in [-0.1, -0.05) is 12.1 Å². The van der Waals surface area contributed by atoms with Crippen LogP contribution in [0.5, 0.6) is 5.75 Å². The summed E-state index contributed by atoms with van der Waals surface area (Å²) < 4.78 is 11.2. The normalized spacial score (nSPS) is 17.7. The molecule has 1 aliphatic rings. The van der Waals surface area contributed by atoms with Crippen LogP contribution in [0.25, 0.3) is 0 Å². The molecule has 91 valence electrons. The summed E-state index contributed by atoms with van der Waals surface area (Å²) in [7, 11) is 1.72. The Balaban J connectivity index is 2.23. The molecule has 0 bridgehead atoms. The lowest BCUT2D eigenvalue weighted by molar-refractivity contribution is 0.233. The van der Waals surface area contributed by atoms with E-state index in [0.29, 0.717) is 19.6 Å². The summed E-state index contributed by atoms with van der Waals surface area (Å²) in [4.78, 5) is 0. The fourth-order valence-electron chi connectivity index (χ4n) is 1.96. The lowest BCUT2D eigenvalue weighted by Crippen LogP contribution is -2.18. The van der Waals surface area contributed by atoms with E-state index in [-0.39, 0.29) is 12.7 Å². The van der Waals surface area contributed by atoms with Gasteiger partial charge in [0.25, 0.3) is 0 Å². The number of nitrogens with two attached hydrogens (primary N) is 1. The fourth-order valence-corrected chi connectivity index (χ4v) is 1.96. The second-order valence-corrected chi connectivity index (χ2v) is 4.12. The van der Waals surface area contributed by atoms with Crippen molar-refractivity contribution in [2.24, 2.45) is 5.73 Å². The van der Waals surface area contributed by atoms with E-state index < -0.39 is 0 Å². The maximum Gasteiger partial charge on any atom is 0.335 e. The summed E-state index contributed by atoms with van der Waals surface area (Å²) in [5.41, 5.74) is 8.77. The van der Waals surface area contributed by atoms with Crippen LogP contribution in [0.4, 0.5) is 0 Å². The van der Waals surface area contributed by atoms with Crippen molar-refractivity contribution < 1.29 is 14.5 Å². The Morgan fingerprint density at radius 2 is 2.35 bits per heavy atom. The molecule has 1 atom stereocenters. The molecule has 0 fully saturated rings. The number of ether oxygens (including phenoxy) is 1. The highest BCUT2D eigenvalue weighted by Gasteiger charge is 2.27. The summed E-state index contributed by atoms with van der Waals surface area (Å²) in [6.45, 7) is 3.11. The van der Waals surface area contributed by atoms with E-state index in [1.54, 1.807) is 7.48 Å². The largest absolute Gasteiger partial charge is 0.494 e. The minimum atomic E-state index is -0.0641. The Labute approximate surface area is 102 Å². The highest BCUT2D eigenvalue weighted by atomic mass is 16.5. The molecular weight excluding hydrogens is 217 g/mol. The number of rotatable bonds is 5. The van der Waals surface area contributed by atoms with Gasteiger partial charge in [0.2, 0.25) is 0 Å². The molecule has 1 aliphatic heterocycles. The second-order valence-electron chi connectivity index (χ2n) is 4.12. The molecule has 0 aromatic heterocycles. The van der Waals surface area contributed by atoms with Gasteiger partial charge in [-0.2, -0.15) is 0 Å². The fraction of sp³-hybridized carbons (Fsp3) is 0.500. The first kappa shape index (κ1) is 12.4. The van der Waals surface area contributed by atoms with Crippen molar-refractivity contribution >= 4 is 12.9 Å². The molecule has 3 N–H and O–H groups in total. The molecule has 4 nitrogen and oxygen atoms in total. The number of hydrogen-bond acceptors (Lipinski definition) is 4. The molecular formula is C12H17BNO3. The van der Waals surface area contributed by atoms with Gasteiger partial charge in [-0.15, -0.1) is 0 Å². The molecule has 1 unspecified atom stereocenters. The van der Waals surface area contributed by atoms with Gasteiger partial charge in [0, 0.05) is 19.6 Å². The van der Waals surface area contributed by atoms with Crippen molar-refractivity contribution in [1.82, 2.24) is 0 Å². The van der Waals surface area contributed by atoms with Gasteiger partial charge in [0.15, 0.2) is 0 Å². The Kier molecular flexibility index (Phi) is 4.04. The first-order chi connectivity index (χ1) is 8.27. The van der Waals surface area contributed by atoms with E-state index in [1.165, 1.54) is 0 Å². The third-order valence-corrected chi connectivity index (χ3v) is 2.89. The Hall–Kier alpha value is -1.04. The summed E-state index contributed by atoms with van der Waals surface area (Å²) in [5, 5.41) is 8.76. The van der Waals surface area contributed by atoms with Gasteiger partial charge in [0.05, 0.1) is 12.7 Å². The molecule has 1 radical (unpaired) electrons. The Morgan fingerprint density at radius 3 is 3.06 bits per heavy atom. The summed E-state index contributed by atoms with van der Waals surface area (Å²) in [6, 6.07) is 4.04. The molecule has 1 heterocycles. The van der Waals surface area contributed by atoms with Crippen LogP contribution in [0.1, 0.15) is 23.7 Å². The molecule has 2 rings (SSSR count).